The van der Waals surface area contributed by atoms with Crippen LogP contribution >= 0.6 is 0 Å². The lowest BCUT2D eigenvalue weighted by atomic mass is 10.1. The SMILES string of the molecule is Cc1cccc(C)c1N=Cc1c(C)n(C)c2ccccc12. The van der Waals surface area contributed by atoms with Crippen molar-refractivity contribution in [1.29, 1.82) is 0 Å². The summed E-state index contributed by atoms with van der Waals surface area (Å²) in [5.41, 5.74) is 7.19. The second-order valence-electron chi connectivity index (χ2n) is 5.57. The largest absolute Gasteiger partial charge is 0.347 e. The first kappa shape index (κ1) is 13.6. The van der Waals surface area contributed by atoms with Crippen LogP contribution in [0.1, 0.15) is 22.4 Å². The molecule has 3 rings (SSSR count). The third-order valence-electron chi connectivity index (χ3n) is 4.21. The van der Waals surface area contributed by atoms with Crippen LogP contribution in [-0.4, -0.2) is 10.8 Å². The minimum absolute atomic E-state index is 1.07. The van der Waals surface area contributed by atoms with Crippen molar-refractivity contribution in [2.75, 3.05) is 0 Å². The van der Waals surface area contributed by atoms with E-state index in [4.69, 9.17) is 4.99 Å². The van der Waals surface area contributed by atoms with Gasteiger partial charge in [0.1, 0.15) is 0 Å². The van der Waals surface area contributed by atoms with Gasteiger partial charge in [0.2, 0.25) is 0 Å². The van der Waals surface area contributed by atoms with Gasteiger partial charge in [-0.2, -0.15) is 0 Å². The molecule has 1 aromatic heterocycles. The number of nitrogens with zero attached hydrogens (tertiary/aromatic N) is 2. The van der Waals surface area contributed by atoms with Crippen molar-refractivity contribution < 1.29 is 0 Å². The van der Waals surface area contributed by atoms with E-state index >= 15 is 0 Å². The second kappa shape index (κ2) is 5.21. The molecule has 106 valence electrons. The molecule has 0 radical (unpaired) electrons. The van der Waals surface area contributed by atoms with E-state index in [9.17, 15) is 0 Å². The van der Waals surface area contributed by atoms with Gasteiger partial charge in [0.25, 0.3) is 0 Å². The van der Waals surface area contributed by atoms with E-state index in [0.29, 0.717) is 0 Å². The van der Waals surface area contributed by atoms with Crippen LogP contribution in [0, 0.1) is 20.8 Å². The van der Waals surface area contributed by atoms with Crippen LogP contribution < -0.4 is 0 Å². The van der Waals surface area contributed by atoms with Crippen molar-refractivity contribution in [3.05, 3.63) is 64.8 Å². The van der Waals surface area contributed by atoms with Crippen molar-refractivity contribution >= 4 is 22.8 Å². The maximum atomic E-state index is 4.76. The van der Waals surface area contributed by atoms with Gasteiger partial charge in [-0.3, -0.25) is 4.99 Å². The molecule has 0 N–H and O–H groups in total. The topological polar surface area (TPSA) is 17.3 Å². The highest BCUT2D eigenvalue weighted by atomic mass is 14.9. The average molecular weight is 276 g/mol. The van der Waals surface area contributed by atoms with Crippen LogP contribution in [0.5, 0.6) is 0 Å². The normalized spacial score (nSPS) is 11.6. The lowest BCUT2D eigenvalue weighted by molar-refractivity contribution is 0.917. The molecule has 21 heavy (non-hydrogen) atoms. The van der Waals surface area contributed by atoms with E-state index < -0.39 is 0 Å². The molecule has 0 aliphatic rings. The summed E-state index contributed by atoms with van der Waals surface area (Å²) < 4.78 is 2.22. The van der Waals surface area contributed by atoms with Crippen molar-refractivity contribution in [2.24, 2.45) is 12.0 Å². The van der Waals surface area contributed by atoms with Crippen LogP contribution in [-0.2, 0) is 7.05 Å². The van der Waals surface area contributed by atoms with Crippen LogP contribution in [0.3, 0.4) is 0 Å². The molecule has 0 spiro atoms. The van der Waals surface area contributed by atoms with Crippen molar-refractivity contribution in [1.82, 2.24) is 4.57 Å². The molecule has 0 atom stereocenters. The summed E-state index contributed by atoms with van der Waals surface area (Å²) in [4.78, 5) is 4.76. The number of fused-ring (bicyclic) bond motifs is 1. The molecule has 0 fully saturated rings. The first-order chi connectivity index (χ1) is 10.1. The predicted octanol–water partition coefficient (Wildman–Crippen LogP) is 4.85. The molecule has 0 amide bonds. The fourth-order valence-corrected chi connectivity index (χ4v) is 2.85. The van der Waals surface area contributed by atoms with E-state index in [2.05, 4.69) is 74.9 Å². The molecule has 0 bridgehead atoms. The molecule has 2 aromatic carbocycles. The third kappa shape index (κ3) is 2.27. The molecule has 0 saturated heterocycles. The quantitative estimate of drug-likeness (QED) is 0.595. The summed E-state index contributed by atoms with van der Waals surface area (Å²) in [6.45, 7) is 6.36. The Kier molecular flexibility index (Phi) is 3.38. The molecule has 0 unspecified atom stereocenters. The summed E-state index contributed by atoms with van der Waals surface area (Å²) in [7, 11) is 2.11. The van der Waals surface area contributed by atoms with E-state index in [1.807, 2.05) is 6.21 Å². The maximum absolute atomic E-state index is 4.76. The van der Waals surface area contributed by atoms with Crippen molar-refractivity contribution in [3.8, 4) is 0 Å². The molecule has 0 aliphatic heterocycles. The third-order valence-corrected chi connectivity index (χ3v) is 4.21. The summed E-state index contributed by atoms with van der Waals surface area (Å²) in [5, 5.41) is 1.26. The van der Waals surface area contributed by atoms with Gasteiger partial charge in [-0.1, -0.05) is 36.4 Å². The first-order valence-corrected chi connectivity index (χ1v) is 7.24. The van der Waals surface area contributed by atoms with E-state index in [0.717, 1.165) is 5.69 Å². The Labute approximate surface area is 125 Å². The highest BCUT2D eigenvalue weighted by Crippen LogP contribution is 2.26. The maximum Gasteiger partial charge on any atom is 0.0688 e. The fourth-order valence-electron chi connectivity index (χ4n) is 2.85. The number of benzene rings is 2. The molecule has 2 heteroatoms. The number of hydrogen-bond donors (Lipinski definition) is 0. The van der Waals surface area contributed by atoms with Gasteiger partial charge in [0.05, 0.1) is 5.69 Å². The van der Waals surface area contributed by atoms with Gasteiger partial charge < -0.3 is 4.57 Å². The Morgan fingerprint density at radius 3 is 2.29 bits per heavy atom. The summed E-state index contributed by atoms with van der Waals surface area (Å²) >= 11 is 0. The Balaban J connectivity index is 2.14. The number of aliphatic imine (C=N–C) groups is 1. The Hall–Kier alpha value is -2.35. The zero-order chi connectivity index (χ0) is 15.0. The van der Waals surface area contributed by atoms with Crippen molar-refractivity contribution in [2.45, 2.75) is 20.8 Å². The van der Waals surface area contributed by atoms with Crippen LogP contribution in [0.15, 0.2) is 47.5 Å². The fraction of sp³-hybridized carbons (Fsp3) is 0.211. The zero-order valence-electron chi connectivity index (χ0n) is 13.0. The monoisotopic (exact) mass is 276 g/mol. The molecule has 0 aliphatic carbocycles. The highest BCUT2D eigenvalue weighted by Gasteiger charge is 2.09. The predicted molar refractivity (Wildman–Crippen MR) is 90.8 cm³/mol. The zero-order valence-corrected chi connectivity index (χ0v) is 13.0. The van der Waals surface area contributed by atoms with Gasteiger partial charge in [0, 0.05) is 35.4 Å². The number of aryl methyl sites for hydroxylation is 3. The number of aromatic nitrogens is 1. The Morgan fingerprint density at radius 2 is 1.57 bits per heavy atom. The van der Waals surface area contributed by atoms with Crippen LogP contribution in [0.2, 0.25) is 0 Å². The van der Waals surface area contributed by atoms with Crippen LogP contribution in [0.4, 0.5) is 5.69 Å². The molecule has 0 saturated carbocycles. The van der Waals surface area contributed by atoms with E-state index in [1.165, 1.54) is 33.3 Å². The lowest BCUT2D eigenvalue weighted by Crippen LogP contribution is -1.92. The molecule has 1 heterocycles. The van der Waals surface area contributed by atoms with E-state index in [-0.39, 0.29) is 0 Å². The number of para-hydroxylation sites is 2. The lowest BCUT2D eigenvalue weighted by Gasteiger charge is -2.03. The standard InChI is InChI=1S/C19H20N2/c1-13-8-7-9-14(2)19(13)20-12-17-15(3)21(4)18-11-6-5-10-16(17)18/h5-12H,1-4H3. The Bertz CT molecular complexity index is 818. The smallest absolute Gasteiger partial charge is 0.0688 e. The Morgan fingerprint density at radius 1 is 0.905 bits per heavy atom. The first-order valence-electron chi connectivity index (χ1n) is 7.24. The minimum Gasteiger partial charge on any atom is -0.347 e. The number of rotatable bonds is 2. The molecule has 2 nitrogen and oxygen atoms in total. The molecular weight excluding hydrogens is 256 g/mol. The van der Waals surface area contributed by atoms with Crippen LogP contribution in [0.25, 0.3) is 10.9 Å². The molecule has 3 aromatic rings. The summed E-state index contributed by atoms with van der Waals surface area (Å²) in [6.07, 6.45) is 2.01. The summed E-state index contributed by atoms with van der Waals surface area (Å²) in [5.74, 6) is 0. The number of hydrogen-bond acceptors (Lipinski definition) is 1. The average Bonchev–Trinajstić information content (AvgIpc) is 2.72. The minimum atomic E-state index is 1.07. The second-order valence-corrected chi connectivity index (χ2v) is 5.57. The van der Waals surface area contributed by atoms with Gasteiger partial charge in [-0.15, -0.1) is 0 Å². The van der Waals surface area contributed by atoms with Gasteiger partial charge in [-0.25, -0.2) is 0 Å². The van der Waals surface area contributed by atoms with Crippen molar-refractivity contribution in [3.63, 3.8) is 0 Å². The molecular formula is C19H20N2. The van der Waals surface area contributed by atoms with Gasteiger partial charge in [0.15, 0.2) is 0 Å². The summed E-state index contributed by atoms with van der Waals surface area (Å²) in [6, 6.07) is 14.8. The van der Waals surface area contributed by atoms with Gasteiger partial charge in [-0.05, 0) is 38.0 Å². The highest BCUT2D eigenvalue weighted by molar-refractivity contribution is 6.01. The van der Waals surface area contributed by atoms with E-state index in [1.54, 1.807) is 0 Å². The van der Waals surface area contributed by atoms with Gasteiger partial charge >= 0.3 is 0 Å².